The molecule has 1 saturated heterocycles. The van der Waals surface area contributed by atoms with Crippen LogP contribution in [0, 0.1) is 0 Å². The molecule has 1 unspecified atom stereocenters. The van der Waals surface area contributed by atoms with Gasteiger partial charge in [0, 0.05) is 37.4 Å². The molecule has 1 aromatic carbocycles. The van der Waals surface area contributed by atoms with Crippen LogP contribution >= 0.6 is 0 Å². The van der Waals surface area contributed by atoms with Gasteiger partial charge in [-0.3, -0.25) is 4.90 Å². The molecule has 5 heteroatoms. The number of hydrogen-bond donors (Lipinski definition) is 1. The lowest BCUT2D eigenvalue weighted by Crippen LogP contribution is -2.41. The van der Waals surface area contributed by atoms with Crippen molar-refractivity contribution in [2.75, 3.05) is 52.4 Å². The summed E-state index contributed by atoms with van der Waals surface area (Å²) in [7, 11) is 3.36. The average Bonchev–Trinajstić information content (AvgIpc) is 2.53. The van der Waals surface area contributed by atoms with Crippen LogP contribution in [0.5, 0.6) is 11.5 Å². The highest BCUT2D eigenvalue weighted by Crippen LogP contribution is 2.41. The number of morpholine rings is 1. The van der Waals surface area contributed by atoms with Gasteiger partial charge < -0.3 is 19.5 Å². The van der Waals surface area contributed by atoms with Gasteiger partial charge in [0.2, 0.25) is 0 Å². The molecule has 0 spiro atoms. The van der Waals surface area contributed by atoms with Gasteiger partial charge in [-0.15, -0.1) is 0 Å². The first-order valence-corrected chi connectivity index (χ1v) is 7.15. The van der Waals surface area contributed by atoms with Crippen molar-refractivity contribution in [3.8, 4) is 11.5 Å². The lowest BCUT2D eigenvalue weighted by molar-refractivity contribution is 0.0144. The minimum atomic E-state index is 0.440. The normalized spacial score (nSPS) is 22.8. The van der Waals surface area contributed by atoms with Crippen molar-refractivity contribution in [1.82, 2.24) is 4.90 Å². The molecule has 0 saturated carbocycles. The maximum atomic E-state index is 5.46. The molecule has 2 aliphatic heterocycles. The van der Waals surface area contributed by atoms with E-state index in [1.807, 2.05) is 6.07 Å². The molecule has 20 heavy (non-hydrogen) atoms. The molecule has 2 aliphatic rings. The van der Waals surface area contributed by atoms with E-state index >= 15 is 0 Å². The summed E-state index contributed by atoms with van der Waals surface area (Å²) in [6.45, 7) is 4.64. The quantitative estimate of drug-likeness (QED) is 0.914. The van der Waals surface area contributed by atoms with Crippen molar-refractivity contribution < 1.29 is 14.2 Å². The topological polar surface area (TPSA) is 43.0 Å². The number of anilines is 1. The molecule has 0 amide bonds. The van der Waals surface area contributed by atoms with Gasteiger partial charge in [-0.2, -0.15) is 0 Å². The molecule has 3 rings (SSSR count). The standard InChI is InChI=1S/C15H22N2O3/c1-18-14-9-11-12(10-15(14)19-2)16-4-3-13(11)17-5-7-20-8-6-17/h9-10,13,16H,3-8H2,1-2H3. The molecule has 1 fully saturated rings. The summed E-state index contributed by atoms with van der Waals surface area (Å²) < 4.78 is 16.3. The lowest BCUT2D eigenvalue weighted by Gasteiger charge is -2.38. The predicted molar refractivity (Wildman–Crippen MR) is 77.8 cm³/mol. The first-order valence-electron chi connectivity index (χ1n) is 7.15. The molecule has 1 aromatic rings. The van der Waals surface area contributed by atoms with Crippen molar-refractivity contribution in [3.05, 3.63) is 17.7 Å². The molecule has 0 aromatic heterocycles. The smallest absolute Gasteiger partial charge is 0.162 e. The Morgan fingerprint density at radius 1 is 1.15 bits per heavy atom. The molecule has 5 nitrogen and oxygen atoms in total. The highest BCUT2D eigenvalue weighted by molar-refractivity contribution is 5.63. The fourth-order valence-corrected chi connectivity index (χ4v) is 3.09. The van der Waals surface area contributed by atoms with E-state index in [9.17, 15) is 0 Å². The van der Waals surface area contributed by atoms with Gasteiger partial charge in [0.1, 0.15) is 0 Å². The van der Waals surface area contributed by atoms with E-state index in [2.05, 4.69) is 16.3 Å². The number of benzene rings is 1. The predicted octanol–water partition coefficient (Wildman–Crippen LogP) is 1.89. The zero-order valence-electron chi connectivity index (χ0n) is 12.1. The van der Waals surface area contributed by atoms with Crippen LogP contribution in [0.2, 0.25) is 0 Å². The van der Waals surface area contributed by atoms with Gasteiger partial charge in [0.25, 0.3) is 0 Å². The first-order chi connectivity index (χ1) is 9.83. The van der Waals surface area contributed by atoms with E-state index in [0.29, 0.717) is 6.04 Å². The molecule has 110 valence electrons. The third-order valence-electron chi connectivity index (χ3n) is 4.13. The van der Waals surface area contributed by atoms with Crippen molar-refractivity contribution >= 4 is 5.69 Å². The van der Waals surface area contributed by atoms with Crippen molar-refractivity contribution in [3.63, 3.8) is 0 Å². The van der Waals surface area contributed by atoms with Gasteiger partial charge in [0.15, 0.2) is 11.5 Å². The largest absolute Gasteiger partial charge is 0.493 e. The second-order valence-electron chi connectivity index (χ2n) is 5.17. The summed E-state index contributed by atoms with van der Waals surface area (Å²) in [5.74, 6) is 1.58. The van der Waals surface area contributed by atoms with Crippen LogP contribution in [0.25, 0.3) is 0 Å². The van der Waals surface area contributed by atoms with Crippen molar-refractivity contribution in [1.29, 1.82) is 0 Å². The Kier molecular flexibility index (Phi) is 3.98. The van der Waals surface area contributed by atoms with E-state index in [1.165, 1.54) is 5.56 Å². The highest BCUT2D eigenvalue weighted by Gasteiger charge is 2.28. The minimum absolute atomic E-state index is 0.440. The van der Waals surface area contributed by atoms with Gasteiger partial charge >= 0.3 is 0 Å². The Morgan fingerprint density at radius 2 is 1.85 bits per heavy atom. The average molecular weight is 278 g/mol. The molecule has 1 atom stereocenters. The van der Waals surface area contributed by atoms with E-state index in [0.717, 1.165) is 56.5 Å². The van der Waals surface area contributed by atoms with E-state index in [4.69, 9.17) is 14.2 Å². The second-order valence-corrected chi connectivity index (χ2v) is 5.17. The first kappa shape index (κ1) is 13.5. The molecule has 1 N–H and O–H groups in total. The van der Waals surface area contributed by atoms with E-state index in [-0.39, 0.29) is 0 Å². The number of hydrogen-bond acceptors (Lipinski definition) is 5. The summed E-state index contributed by atoms with van der Waals surface area (Å²) in [6.07, 6.45) is 1.11. The van der Waals surface area contributed by atoms with Crippen LogP contribution < -0.4 is 14.8 Å². The summed E-state index contributed by atoms with van der Waals surface area (Å²) in [5.41, 5.74) is 2.46. The Balaban J connectivity index is 1.94. The molecule has 0 aliphatic carbocycles. The maximum Gasteiger partial charge on any atom is 0.162 e. The zero-order valence-corrected chi connectivity index (χ0v) is 12.1. The van der Waals surface area contributed by atoms with Crippen LogP contribution in [0.1, 0.15) is 18.0 Å². The summed E-state index contributed by atoms with van der Waals surface area (Å²) in [6, 6.07) is 4.59. The second kappa shape index (κ2) is 5.89. The third kappa shape index (κ3) is 2.43. The lowest BCUT2D eigenvalue weighted by atomic mass is 9.95. The number of ether oxygens (including phenoxy) is 3. The van der Waals surface area contributed by atoms with Gasteiger partial charge in [-0.1, -0.05) is 0 Å². The Hall–Kier alpha value is -1.46. The van der Waals surface area contributed by atoms with Gasteiger partial charge in [0.05, 0.1) is 27.4 Å². The number of nitrogens with zero attached hydrogens (tertiary/aromatic N) is 1. The number of methoxy groups -OCH3 is 2. The molecule has 0 radical (unpaired) electrons. The van der Waals surface area contributed by atoms with Gasteiger partial charge in [-0.25, -0.2) is 0 Å². The fourth-order valence-electron chi connectivity index (χ4n) is 3.09. The van der Waals surface area contributed by atoms with Crippen molar-refractivity contribution in [2.24, 2.45) is 0 Å². The van der Waals surface area contributed by atoms with E-state index in [1.54, 1.807) is 14.2 Å². The van der Waals surface area contributed by atoms with Gasteiger partial charge in [-0.05, 0) is 18.1 Å². The Morgan fingerprint density at radius 3 is 2.55 bits per heavy atom. The highest BCUT2D eigenvalue weighted by atomic mass is 16.5. The summed E-state index contributed by atoms with van der Waals surface area (Å²) in [4.78, 5) is 2.51. The van der Waals surface area contributed by atoms with Crippen LogP contribution in [-0.2, 0) is 4.74 Å². The molecular weight excluding hydrogens is 256 g/mol. The Bertz CT molecular complexity index is 472. The van der Waals surface area contributed by atoms with Crippen LogP contribution in [0.15, 0.2) is 12.1 Å². The summed E-state index contributed by atoms with van der Waals surface area (Å²) >= 11 is 0. The van der Waals surface area contributed by atoms with Crippen LogP contribution in [0.3, 0.4) is 0 Å². The zero-order chi connectivity index (χ0) is 13.9. The van der Waals surface area contributed by atoms with Crippen LogP contribution in [0.4, 0.5) is 5.69 Å². The molecule has 0 bridgehead atoms. The fraction of sp³-hybridized carbons (Fsp3) is 0.600. The number of fused-ring (bicyclic) bond motifs is 1. The maximum absolute atomic E-state index is 5.46. The minimum Gasteiger partial charge on any atom is -0.493 e. The number of nitrogens with one attached hydrogen (secondary N) is 1. The molecular formula is C15H22N2O3. The summed E-state index contributed by atoms with van der Waals surface area (Å²) in [5, 5.41) is 3.46. The van der Waals surface area contributed by atoms with E-state index < -0.39 is 0 Å². The number of rotatable bonds is 3. The van der Waals surface area contributed by atoms with Crippen LogP contribution in [-0.4, -0.2) is 52.0 Å². The molecule has 2 heterocycles. The van der Waals surface area contributed by atoms with Crippen molar-refractivity contribution in [2.45, 2.75) is 12.5 Å². The SMILES string of the molecule is COc1cc2c(cc1OC)C(N1CCOCC1)CCN2. The Labute approximate surface area is 119 Å². The monoisotopic (exact) mass is 278 g/mol. The third-order valence-corrected chi connectivity index (χ3v) is 4.13.